The molecule has 1 fully saturated rings. The van der Waals surface area contributed by atoms with E-state index < -0.39 is 0 Å². The highest BCUT2D eigenvalue weighted by Crippen LogP contribution is 2.60. The van der Waals surface area contributed by atoms with Crippen LogP contribution in [0.4, 0.5) is 0 Å². The molecule has 0 amide bonds. The number of benzene rings is 1. The Bertz CT molecular complexity index is 545. The van der Waals surface area contributed by atoms with Crippen LogP contribution in [-0.2, 0) is 8.87 Å². The first kappa shape index (κ1) is 19.9. The number of rotatable bonds is 4. The van der Waals surface area contributed by atoms with Gasteiger partial charge in [-0.3, -0.25) is 4.79 Å². The molecule has 1 aromatic rings. The second-order valence-corrected chi connectivity index (χ2v) is 11.8. The van der Waals surface area contributed by atoms with Gasteiger partial charge in [0.2, 0.25) is 0 Å². The molecule has 0 aliphatic carbocycles. The van der Waals surface area contributed by atoms with Crippen LogP contribution in [-0.4, -0.2) is 17.3 Å². The molecule has 0 N–H and O–H groups in total. The van der Waals surface area contributed by atoms with Gasteiger partial charge in [-0.2, -0.15) is 0 Å². The van der Waals surface area contributed by atoms with Crippen molar-refractivity contribution < 1.29 is 4.79 Å². The monoisotopic (exact) mass is 364 g/mol. The lowest BCUT2D eigenvalue weighted by Gasteiger charge is -2.49. The van der Waals surface area contributed by atoms with Crippen LogP contribution < -0.4 is 0 Å². The Morgan fingerprint density at radius 1 is 1.04 bits per heavy atom. The van der Waals surface area contributed by atoms with Gasteiger partial charge in [0.15, 0.2) is 0 Å². The largest absolute Gasteiger partial charge is 0.299 e. The Kier molecular flexibility index (Phi) is 6.18. The van der Waals surface area contributed by atoms with Crippen LogP contribution in [0.1, 0.15) is 59.9 Å². The molecule has 1 aliphatic rings. The van der Waals surface area contributed by atoms with Crippen LogP contribution in [0.2, 0.25) is 0 Å². The van der Waals surface area contributed by atoms with E-state index in [0.29, 0.717) is 18.1 Å². The number of Topliss-reactive ketones (excluding diaryl/α,β-unsaturated/α-hetero) is 1. The highest BCUT2D eigenvalue weighted by molar-refractivity contribution is 8.18. The van der Waals surface area contributed by atoms with E-state index in [1.807, 2.05) is 20.8 Å². The zero-order chi connectivity index (χ0) is 18.0. The van der Waals surface area contributed by atoms with E-state index in [4.69, 9.17) is 0 Å². The quantitative estimate of drug-likeness (QED) is 0.617. The maximum atomic E-state index is 12.9. The van der Waals surface area contributed by atoms with E-state index >= 15 is 0 Å². The molecule has 1 saturated heterocycles. The summed E-state index contributed by atoms with van der Waals surface area (Å²) in [5.74, 6) is 3.05. The van der Waals surface area contributed by atoms with Crippen LogP contribution in [0.3, 0.4) is 0 Å². The van der Waals surface area contributed by atoms with E-state index in [1.165, 1.54) is 23.5 Å². The van der Waals surface area contributed by atoms with Crippen LogP contribution in [0.15, 0.2) is 30.3 Å². The molecular weight excluding hydrogens is 332 g/mol. The van der Waals surface area contributed by atoms with E-state index in [-0.39, 0.29) is 14.9 Å². The van der Waals surface area contributed by atoms with Gasteiger partial charge in [0.05, 0.1) is 4.08 Å². The topological polar surface area (TPSA) is 17.1 Å². The molecule has 1 nitrogen and oxygen atoms in total. The van der Waals surface area contributed by atoms with Crippen LogP contribution in [0.5, 0.6) is 0 Å². The minimum Gasteiger partial charge on any atom is -0.299 e. The Morgan fingerprint density at radius 2 is 1.58 bits per heavy atom. The molecule has 2 rings (SSSR count). The summed E-state index contributed by atoms with van der Waals surface area (Å²) in [4.78, 5) is 12.9. The minimum atomic E-state index is -0.272. The Morgan fingerprint density at radius 3 is 2.04 bits per heavy atom. The Balaban J connectivity index is 2.48. The molecule has 0 spiro atoms. The van der Waals surface area contributed by atoms with Crippen molar-refractivity contribution in [3.63, 3.8) is 0 Å². The molecule has 1 atom stereocenters. The summed E-state index contributed by atoms with van der Waals surface area (Å²) in [5, 5.41) is 0. The molecule has 0 aromatic heterocycles. The molecule has 1 aromatic carbocycles. The summed E-state index contributed by atoms with van der Waals surface area (Å²) < 4.78 is -0.0152. The van der Waals surface area contributed by atoms with Crippen molar-refractivity contribution >= 4 is 29.3 Å². The van der Waals surface area contributed by atoms with Crippen molar-refractivity contribution in [2.75, 3.05) is 11.5 Å². The minimum absolute atomic E-state index is 0.0152. The lowest BCUT2D eigenvalue weighted by Crippen LogP contribution is -2.42. The average Bonchev–Trinajstić information content (AvgIpc) is 2.52. The summed E-state index contributed by atoms with van der Waals surface area (Å²) in [7, 11) is 0. The first-order chi connectivity index (χ1) is 11.1. The second-order valence-electron chi connectivity index (χ2n) is 8.88. The summed E-state index contributed by atoms with van der Waals surface area (Å²) in [6.45, 7) is 13.0. The number of carbonyl (C=O) groups excluding carboxylic acids is 1. The zero-order valence-electron chi connectivity index (χ0n) is 16.0. The normalized spacial score (nSPS) is 19.8. The van der Waals surface area contributed by atoms with Crippen molar-refractivity contribution in [3.8, 4) is 0 Å². The first-order valence-electron chi connectivity index (χ1n) is 8.94. The van der Waals surface area contributed by atoms with E-state index in [0.717, 1.165) is 0 Å². The van der Waals surface area contributed by atoms with Gasteiger partial charge in [-0.15, -0.1) is 23.5 Å². The molecule has 24 heavy (non-hydrogen) atoms. The standard InChI is InChI=1S/C21H32OS2/c1-19(2,3)17(15-18(22)20(4,5)6)21(23-13-10-14-24-21)16-11-8-7-9-12-16/h7-9,11-12,17H,10,13-15H2,1-6H3. The van der Waals surface area contributed by atoms with E-state index in [1.54, 1.807) is 0 Å². The fourth-order valence-corrected chi connectivity index (χ4v) is 7.37. The molecule has 0 saturated carbocycles. The number of ketones is 1. The SMILES string of the molecule is CC(C)(C)C(=O)CC(C(C)(C)C)C1(c2ccccc2)SCCCS1. The zero-order valence-corrected chi connectivity index (χ0v) is 17.7. The number of hydrogen-bond acceptors (Lipinski definition) is 3. The van der Waals surface area contributed by atoms with Crippen molar-refractivity contribution in [2.45, 2.75) is 58.5 Å². The summed E-state index contributed by atoms with van der Waals surface area (Å²) in [6, 6.07) is 10.9. The van der Waals surface area contributed by atoms with E-state index in [2.05, 4.69) is 74.6 Å². The van der Waals surface area contributed by atoms with Gasteiger partial charge in [-0.1, -0.05) is 71.9 Å². The molecule has 0 radical (unpaired) electrons. The fraction of sp³-hybridized carbons (Fsp3) is 0.667. The van der Waals surface area contributed by atoms with Gasteiger partial charge in [0.25, 0.3) is 0 Å². The maximum Gasteiger partial charge on any atom is 0.138 e. The van der Waals surface area contributed by atoms with Crippen molar-refractivity contribution in [1.29, 1.82) is 0 Å². The first-order valence-corrected chi connectivity index (χ1v) is 10.9. The van der Waals surface area contributed by atoms with Gasteiger partial charge in [0.1, 0.15) is 5.78 Å². The molecule has 1 heterocycles. The lowest BCUT2D eigenvalue weighted by atomic mass is 9.71. The van der Waals surface area contributed by atoms with Gasteiger partial charge in [-0.25, -0.2) is 0 Å². The predicted molar refractivity (Wildman–Crippen MR) is 110 cm³/mol. The number of hydrogen-bond donors (Lipinski definition) is 0. The van der Waals surface area contributed by atoms with Gasteiger partial charge in [-0.05, 0) is 34.8 Å². The highest BCUT2D eigenvalue weighted by atomic mass is 32.2. The highest BCUT2D eigenvalue weighted by Gasteiger charge is 2.49. The average molecular weight is 365 g/mol. The van der Waals surface area contributed by atoms with Crippen molar-refractivity contribution in [1.82, 2.24) is 0 Å². The predicted octanol–water partition coefficient (Wildman–Crippen LogP) is 6.38. The smallest absolute Gasteiger partial charge is 0.138 e. The summed E-state index contributed by atoms with van der Waals surface area (Å²) in [6.07, 6.45) is 1.91. The molecule has 1 unspecified atom stereocenters. The third-order valence-electron chi connectivity index (χ3n) is 4.83. The molecule has 3 heteroatoms. The van der Waals surface area contributed by atoms with Crippen LogP contribution in [0.25, 0.3) is 0 Å². The third kappa shape index (κ3) is 4.40. The Labute approximate surface area is 156 Å². The van der Waals surface area contributed by atoms with Gasteiger partial charge in [0, 0.05) is 11.8 Å². The second kappa shape index (κ2) is 7.45. The van der Waals surface area contributed by atoms with Crippen molar-refractivity contribution in [2.24, 2.45) is 16.7 Å². The molecule has 0 bridgehead atoms. The van der Waals surface area contributed by atoms with Gasteiger partial charge < -0.3 is 0 Å². The number of carbonyl (C=O) groups is 1. The number of thioether (sulfide) groups is 2. The van der Waals surface area contributed by atoms with Gasteiger partial charge >= 0.3 is 0 Å². The maximum absolute atomic E-state index is 12.9. The van der Waals surface area contributed by atoms with Crippen LogP contribution >= 0.6 is 23.5 Å². The van der Waals surface area contributed by atoms with Crippen molar-refractivity contribution in [3.05, 3.63) is 35.9 Å². The van der Waals surface area contributed by atoms with E-state index in [9.17, 15) is 4.79 Å². The fourth-order valence-electron chi connectivity index (χ4n) is 3.29. The molecule has 134 valence electrons. The molecular formula is C21H32OS2. The summed E-state index contributed by atoms with van der Waals surface area (Å²) >= 11 is 4.12. The summed E-state index contributed by atoms with van der Waals surface area (Å²) in [5.41, 5.74) is 1.18. The van der Waals surface area contributed by atoms with Crippen LogP contribution in [0, 0.1) is 16.7 Å². The Hall–Kier alpha value is -0.410. The molecule has 1 aliphatic heterocycles. The third-order valence-corrected chi connectivity index (χ3v) is 8.42. The lowest BCUT2D eigenvalue weighted by molar-refractivity contribution is -0.128.